The average Bonchev–Trinajstić information content (AvgIpc) is 2.76. The summed E-state index contributed by atoms with van der Waals surface area (Å²) in [7, 11) is 0. The number of nitrogens with zero attached hydrogens (tertiary/aromatic N) is 3. The number of hydrogen-bond acceptors (Lipinski definition) is 3. The molecular weight excluding hydrogens is 178 g/mol. The molecule has 2 rings (SSSR count). The maximum Gasteiger partial charge on any atom is 0.133 e. The normalized spacial score (nSPS) is 10.7. The molecule has 0 spiro atoms. The highest BCUT2D eigenvalue weighted by Crippen LogP contribution is 2.06. The van der Waals surface area contributed by atoms with Gasteiger partial charge in [0.2, 0.25) is 0 Å². The van der Waals surface area contributed by atoms with Gasteiger partial charge in [-0.15, -0.1) is 0 Å². The Bertz CT molecular complexity index is 416. The Labute approximate surface area is 82.6 Å². The first-order valence-electron chi connectivity index (χ1n) is 4.72. The summed E-state index contributed by atoms with van der Waals surface area (Å²) in [6.07, 6.45) is 4.71. The summed E-state index contributed by atoms with van der Waals surface area (Å²) < 4.78 is 7.08. The third kappa shape index (κ3) is 1.69. The molecule has 4 heteroatoms. The van der Waals surface area contributed by atoms with Crippen molar-refractivity contribution in [3.63, 3.8) is 0 Å². The van der Waals surface area contributed by atoms with Gasteiger partial charge in [-0.1, -0.05) is 12.1 Å². The summed E-state index contributed by atoms with van der Waals surface area (Å²) in [6, 6.07) is 1.94. The Morgan fingerprint density at radius 1 is 1.50 bits per heavy atom. The Balaban J connectivity index is 2.18. The van der Waals surface area contributed by atoms with Gasteiger partial charge < -0.3 is 9.09 Å². The Morgan fingerprint density at radius 3 is 3.00 bits per heavy atom. The molecule has 0 unspecified atom stereocenters. The van der Waals surface area contributed by atoms with E-state index in [2.05, 4.69) is 21.6 Å². The van der Waals surface area contributed by atoms with Crippen LogP contribution in [0.2, 0.25) is 0 Å². The zero-order valence-electron chi connectivity index (χ0n) is 8.40. The van der Waals surface area contributed by atoms with E-state index in [-0.39, 0.29) is 0 Å². The van der Waals surface area contributed by atoms with Gasteiger partial charge in [0, 0.05) is 24.9 Å². The first-order chi connectivity index (χ1) is 6.79. The Hall–Kier alpha value is -1.58. The third-order valence-corrected chi connectivity index (χ3v) is 2.13. The molecule has 0 bridgehead atoms. The molecule has 0 radical (unpaired) electrons. The average molecular weight is 191 g/mol. The molecule has 2 heterocycles. The van der Waals surface area contributed by atoms with Crippen molar-refractivity contribution >= 4 is 0 Å². The molecule has 0 aliphatic rings. The monoisotopic (exact) mass is 191 g/mol. The number of imidazole rings is 1. The van der Waals surface area contributed by atoms with Crippen LogP contribution in [-0.2, 0) is 13.0 Å². The van der Waals surface area contributed by atoms with Crippen molar-refractivity contribution in [2.45, 2.75) is 26.8 Å². The lowest BCUT2D eigenvalue weighted by molar-refractivity contribution is 0.388. The van der Waals surface area contributed by atoms with Gasteiger partial charge in [-0.3, -0.25) is 0 Å². The second-order valence-corrected chi connectivity index (χ2v) is 3.25. The van der Waals surface area contributed by atoms with E-state index in [1.807, 2.05) is 25.4 Å². The van der Waals surface area contributed by atoms with Crippen LogP contribution in [0.5, 0.6) is 0 Å². The van der Waals surface area contributed by atoms with Crippen LogP contribution in [0.25, 0.3) is 0 Å². The largest absolute Gasteiger partial charge is 0.361 e. The Morgan fingerprint density at radius 2 is 2.36 bits per heavy atom. The standard InChI is InChI=1S/C10H13N3O/c1-3-10-11-4-5-13(10)7-9-6-8(2)14-12-9/h4-6H,3,7H2,1-2H3. The van der Waals surface area contributed by atoms with Gasteiger partial charge in [-0.2, -0.15) is 0 Å². The molecule has 0 aliphatic heterocycles. The highest BCUT2D eigenvalue weighted by molar-refractivity contribution is 5.06. The minimum Gasteiger partial charge on any atom is -0.361 e. The number of aryl methyl sites for hydroxylation is 2. The van der Waals surface area contributed by atoms with E-state index < -0.39 is 0 Å². The summed E-state index contributed by atoms with van der Waals surface area (Å²) in [5.41, 5.74) is 0.940. The second-order valence-electron chi connectivity index (χ2n) is 3.25. The van der Waals surface area contributed by atoms with Gasteiger partial charge in [-0.05, 0) is 6.92 Å². The number of hydrogen-bond donors (Lipinski definition) is 0. The molecule has 0 fully saturated rings. The molecule has 2 aromatic heterocycles. The highest BCUT2D eigenvalue weighted by Gasteiger charge is 2.04. The fourth-order valence-electron chi connectivity index (χ4n) is 1.47. The maximum atomic E-state index is 5.00. The predicted octanol–water partition coefficient (Wildman–Crippen LogP) is 1.79. The minimum absolute atomic E-state index is 0.737. The molecule has 0 N–H and O–H groups in total. The molecule has 0 saturated heterocycles. The highest BCUT2D eigenvalue weighted by atomic mass is 16.5. The van der Waals surface area contributed by atoms with E-state index in [1.54, 1.807) is 0 Å². The molecule has 0 aromatic carbocycles. The molecule has 74 valence electrons. The van der Waals surface area contributed by atoms with Crippen molar-refractivity contribution in [2.24, 2.45) is 0 Å². The molecule has 14 heavy (non-hydrogen) atoms. The van der Waals surface area contributed by atoms with E-state index in [4.69, 9.17) is 4.52 Å². The smallest absolute Gasteiger partial charge is 0.133 e. The first kappa shape index (κ1) is 8.99. The van der Waals surface area contributed by atoms with Gasteiger partial charge in [-0.25, -0.2) is 4.98 Å². The van der Waals surface area contributed by atoms with Crippen LogP contribution in [0, 0.1) is 6.92 Å². The van der Waals surface area contributed by atoms with Crippen LogP contribution in [0.3, 0.4) is 0 Å². The quantitative estimate of drug-likeness (QED) is 0.742. The summed E-state index contributed by atoms with van der Waals surface area (Å²) in [5, 5.41) is 3.94. The topological polar surface area (TPSA) is 43.9 Å². The van der Waals surface area contributed by atoms with Gasteiger partial charge in [0.05, 0.1) is 6.54 Å². The van der Waals surface area contributed by atoms with E-state index in [1.165, 1.54) is 0 Å². The molecule has 0 aliphatic carbocycles. The van der Waals surface area contributed by atoms with Crippen molar-refractivity contribution in [1.82, 2.24) is 14.7 Å². The zero-order valence-corrected chi connectivity index (χ0v) is 8.40. The van der Waals surface area contributed by atoms with Crippen LogP contribution in [-0.4, -0.2) is 14.7 Å². The maximum absolute atomic E-state index is 5.00. The fourth-order valence-corrected chi connectivity index (χ4v) is 1.47. The van der Waals surface area contributed by atoms with Crippen LogP contribution in [0.1, 0.15) is 24.2 Å². The van der Waals surface area contributed by atoms with E-state index in [9.17, 15) is 0 Å². The van der Waals surface area contributed by atoms with Gasteiger partial charge in [0.15, 0.2) is 0 Å². The summed E-state index contributed by atoms with van der Waals surface area (Å²) >= 11 is 0. The SMILES string of the molecule is CCc1nccn1Cc1cc(C)on1. The molecule has 0 saturated carbocycles. The van der Waals surface area contributed by atoms with Crippen LogP contribution in [0.4, 0.5) is 0 Å². The third-order valence-electron chi connectivity index (χ3n) is 2.13. The van der Waals surface area contributed by atoms with Crippen molar-refractivity contribution in [3.8, 4) is 0 Å². The first-order valence-corrected chi connectivity index (χ1v) is 4.72. The minimum atomic E-state index is 0.737. The van der Waals surface area contributed by atoms with E-state index >= 15 is 0 Å². The lowest BCUT2D eigenvalue weighted by Gasteiger charge is -2.02. The van der Waals surface area contributed by atoms with Gasteiger partial charge in [0.25, 0.3) is 0 Å². The van der Waals surface area contributed by atoms with Crippen molar-refractivity contribution < 1.29 is 4.52 Å². The van der Waals surface area contributed by atoms with Gasteiger partial charge >= 0.3 is 0 Å². The molecular formula is C10H13N3O. The fraction of sp³-hybridized carbons (Fsp3) is 0.400. The second kappa shape index (κ2) is 3.65. The number of aromatic nitrogens is 3. The van der Waals surface area contributed by atoms with Crippen LogP contribution in [0.15, 0.2) is 23.0 Å². The molecule has 4 nitrogen and oxygen atoms in total. The summed E-state index contributed by atoms with van der Waals surface area (Å²) in [6.45, 7) is 4.72. The molecule has 0 amide bonds. The van der Waals surface area contributed by atoms with Crippen molar-refractivity contribution in [1.29, 1.82) is 0 Å². The number of rotatable bonds is 3. The van der Waals surface area contributed by atoms with Crippen LogP contribution >= 0.6 is 0 Å². The lowest BCUT2D eigenvalue weighted by Crippen LogP contribution is -2.03. The van der Waals surface area contributed by atoms with Gasteiger partial charge in [0.1, 0.15) is 17.3 Å². The summed E-state index contributed by atoms with van der Waals surface area (Å²) in [5.74, 6) is 1.92. The van der Waals surface area contributed by atoms with E-state index in [0.29, 0.717) is 0 Å². The predicted molar refractivity (Wildman–Crippen MR) is 51.9 cm³/mol. The zero-order chi connectivity index (χ0) is 9.97. The van der Waals surface area contributed by atoms with Crippen LogP contribution < -0.4 is 0 Å². The lowest BCUT2D eigenvalue weighted by atomic mass is 10.3. The van der Waals surface area contributed by atoms with E-state index in [0.717, 1.165) is 30.2 Å². The Kier molecular flexibility index (Phi) is 2.35. The molecule has 2 aromatic rings. The summed E-state index contributed by atoms with van der Waals surface area (Å²) in [4.78, 5) is 4.24. The van der Waals surface area contributed by atoms with Crippen molar-refractivity contribution in [2.75, 3.05) is 0 Å². The molecule has 0 atom stereocenters. The van der Waals surface area contributed by atoms with Crippen molar-refractivity contribution in [3.05, 3.63) is 35.7 Å².